The topological polar surface area (TPSA) is 90.9 Å². The molecule has 2 rings (SSSR count). The van der Waals surface area contributed by atoms with Crippen LogP contribution in [0.3, 0.4) is 0 Å². The Morgan fingerprint density at radius 2 is 2.00 bits per heavy atom. The first-order chi connectivity index (χ1) is 9.84. The molecule has 21 heavy (non-hydrogen) atoms. The van der Waals surface area contributed by atoms with Crippen LogP contribution in [0.4, 0.5) is 0 Å². The van der Waals surface area contributed by atoms with E-state index < -0.39 is 11.1 Å². The summed E-state index contributed by atoms with van der Waals surface area (Å²) in [6, 6.07) is 1.77. The molecule has 0 aliphatic heterocycles. The van der Waals surface area contributed by atoms with Crippen molar-refractivity contribution < 1.29 is 9.90 Å². The van der Waals surface area contributed by atoms with Crippen molar-refractivity contribution in [2.75, 3.05) is 0 Å². The fourth-order valence-corrected chi connectivity index (χ4v) is 2.65. The third kappa shape index (κ3) is 2.63. The Balaban J connectivity index is 2.31. The summed E-state index contributed by atoms with van der Waals surface area (Å²) in [6.45, 7) is 7.47. The minimum Gasteiger partial charge on any atom is -0.387 e. The molecule has 1 amide bonds. The van der Waals surface area contributed by atoms with Gasteiger partial charge in [0.2, 0.25) is 0 Å². The number of aliphatic hydroxyl groups is 1. The Kier molecular flexibility index (Phi) is 4.00. The van der Waals surface area contributed by atoms with Crippen LogP contribution < -0.4 is 5.32 Å². The number of aromatic amines is 1. The third-order valence-electron chi connectivity index (χ3n) is 4.33. The lowest BCUT2D eigenvalue weighted by molar-refractivity contribution is -0.0413. The van der Waals surface area contributed by atoms with Gasteiger partial charge in [0.25, 0.3) is 5.91 Å². The molecule has 0 bridgehead atoms. The van der Waals surface area contributed by atoms with Gasteiger partial charge in [-0.1, -0.05) is 13.8 Å². The van der Waals surface area contributed by atoms with Gasteiger partial charge in [-0.15, -0.1) is 0 Å². The van der Waals surface area contributed by atoms with Crippen molar-refractivity contribution in [3.05, 3.63) is 24.3 Å². The Hall–Kier alpha value is -1.95. The number of fused-ring (bicyclic) bond motifs is 1. The molecule has 2 heterocycles. The lowest BCUT2D eigenvalue weighted by atomic mass is 9.78. The normalized spacial score (nSPS) is 12.6. The predicted octanol–water partition coefficient (Wildman–Crippen LogP) is 2.02. The molecule has 0 aliphatic carbocycles. The summed E-state index contributed by atoms with van der Waals surface area (Å²) in [5.74, 6) is -0.313. The minimum atomic E-state index is -0.965. The highest BCUT2D eigenvalue weighted by Gasteiger charge is 2.42. The molecule has 0 aromatic carbocycles. The second-order valence-corrected chi connectivity index (χ2v) is 5.78. The molecular weight excluding hydrogens is 268 g/mol. The standard InChI is InChI=1S/C15H22N4O2/c1-5-15(21,6-2)14(3,4)19-13(20)11-10-7-8-16-12(10)18-9-17-11/h7-9,21H,5-6H2,1-4H3,(H,19,20)(H,16,17,18). The van der Waals surface area contributed by atoms with Crippen LogP contribution in [0.2, 0.25) is 0 Å². The van der Waals surface area contributed by atoms with Crippen LogP contribution in [0.5, 0.6) is 0 Å². The molecule has 0 spiro atoms. The first-order valence-corrected chi connectivity index (χ1v) is 7.17. The second kappa shape index (κ2) is 5.44. The van der Waals surface area contributed by atoms with Crippen molar-refractivity contribution >= 4 is 16.9 Å². The second-order valence-electron chi connectivity index (χ2n) is 5.78. The van der Waals surface area contributed by atoms with Gasteiger partial charge in [-0.2, -0.15) is 0 Å². The van der Waals surface area contributed by atoms with Crippen LogP contribution in [-0.2, 0) is 0 Å². The van der Waals surface area contributed by atoms with E-state index in [0.29, 0.717) is 29.6 Å². The average Bonchev–Trinajstić information content (AvgIpc) is 2.93. The number of carbonyl (C=O) groups excluding carboxylic acids is 1. The summed E-state index contributed by atoms with van der Waals surface area (Å²) in [6.07, 6.45) is 4.18. The zero-order chi connectivity index (χ0) is 15.7. The van der Waals surface area contributed by atoms with Crippen LogP contribution in [0.25, 0.3) is 11.0 Å². The van der Waals surface area contributed by atoms with E-state index in [1.54, 1.807) is 12.3 Å². The SMILES string of the molecule is CCC(O)(CC)C(C)(C)NC(=O)c1ncnc2[nH]ccc12. The fourth-order valence-electron chi connectivity index (χ4n) is 2.65. The maximum atomic E-state index is 12.5. The molecule has 6 heteroatoms. The van der Waals surface area contributed by atoms with Crippen LogP contribution in [0.1, 0.15) is 51.0 Å². The number of nitrogens with zero attached hydrogens (tertiary/aromatic N) is 2. The summed E-state index contributed by atoms with van der Waals surface area (Å²) in [7, 11) is 0. The zero-order valence-corrected chi connectivity index (χ0v) is 12.9. The lowest BCUT2D eigenvalue weighted by Gasteiger charge is -2.42. The van der Waals surface area contributed by atoms with Gasteiger partial charge in [0, 0.05) is 6.20 Å². The summed E-state index contributed by atoms with van der Waals surface area (Å²) in [5.41, 5.74) is -0.799. The minimum absolute atomic E-state index is 0.309. The van der Waals surface area contributed by atoms with Crippen LogP contribution in [0.15, 0.2) is 18.6 Å². The summed E-state index contributed by atoms with van der Waals surface area (Å²) in [5, 5.41) is 14.2. The number of rotatable bonds is 5. The summed E-state index contributed by atoms with van der Waals surface area (Å²) >= 11 is 0. The molecule has 0 radical (unpaired) electrons. The fraction of sp³-hybridized carbons (Fsp3) is 0.533. The maximum Gasteiger partial charge on any atom is 0.271 e. The van der Waals surface area contributed by atoms with Gasteiger partial charge in [0.1, 0.15) is 17.7 Å². The quantitative estimate of drug-likeness (QED) is 0.785. The Morgan fingerprint density at radius 1 is 1.33 bits per heavy atom. The number of hydrogen-bond donors (Lipinski definition) is 3. The van der Waals surface area contributed by atoms with Crippen molar-refractivity contribution in [3.8, 4) is 0 Å². The average molecular weight is 290 g/mol. The number of carbonyl (C=O) groups is 1. The third-order valence-corrected chi connectivity index (χ3v) is 4.33. The van der Waals surface area contributed by atoms with E-state index in [-0.39, 0.29) is 5.91 Å². The smallest absolute Gasteiger partial charge is 0.271 e. The molecule has 0 aliphatic rings. The van der Waals surface area contributed by atoms with Gasteiger partial charge in [-0.3, -0.25) is 4.79 Å². The molecule has 114 valence electrons. The van der Waals surface area contributed by atoms with Gasteiger partial charge < -0.3 is 15.4 Å². The molecule has 0 unspecified atom stereocenters. The number of aromatic nitrogens is 3. The molecule has 0 atom stereocenters. The van der Waals surface area contributed by atoms with E-state index >= 15 is 0 Å². The monoisotopic (exact) mass is 290 g/mol. The number of hydrogen-bond acceptors (Lipinski definition) is 4. The highest BCUT2D eigenvalue weighted by molar-refractivity contribution is 6.03. The van der Waals surface area contributed by atoms with Crippen LogP contribution in [-0.4, -0.2) is 37.1 Å². The predicted molar refractivity (Wildman–Crippen MR) is 81.0 cm³/mol. The molecule has 0 saturated heterocycles. The van der Waals surface area contributed by atoms with Gasteiger partial charge in [0.05, 0.1) is 16.5 Å². The van der Waals surface area contributed by atoms with Crippen molar-refractivity contribution in [3.63, 3.8) is 0 Å². The first kappa shape index (κ1) is 15.4. The molecule has 3 N–H and O–H groups in total. The Labute approximate surface area is 124 Å². The van der Waals surface area contributed by atoms with Gasteiger partial charge in [0.15, 0.2) is 0 Å². The van der Waals surface area contributed by atoms with Crippen molar-refractivity contribution in [1.29, 1.82) is 0 Å². The first-order valence-electron chi connectivity index (χ1n) is 7.17. The van der Waals surface area contributed by atoms with Gasteiger partial charge in [-0.05, 0) is 32.8 Å². The summed E-state index contributed by atoms with van der Waals surface area (Å²) < 4.78 is 0. The Bertz CT molecular complexity index is 644. The number of H-pyrrole nitrogens is 1. The molecular formula is C15H22N4O2. The van der Waals surface area contributed by atoms with E-state index in [2.05, 4.69) is 20.3 Å². The summed E-state index contributed by atoms with van der Waals surface area (Å²) in [4.78, 5) is 23.6. The van der Waals surface area contributed by atoms with E-state index in [4.69, 9.17) is 0 Å². The van der Waals surface area contributed by atoms with Gasteiger partial charge in [-0.25, -0.2) is 9.97 Å². The van der Waals surface area contributed by atoms with E-state index in [9.17, 15) is 9.90 Å². The molecule has 2 aromatic heterocycles. The molecule has 2 aromatic rings. The van der Waals surface area contributed by atoms with Crippen LogP contribution >= 0.6 is 0 Å². The highest BCUT2D eigenvalue weighted by Crippen LogP contribution is 2.29. The molecule has 0 fully saturated rings. The lowest BCUT2D eigenvalue weighted by Crippen LogP contribution is -2.60. The highest BCUT2D eigenvalue weighted by atomic mass is 16.3. The maximum absolute atomic E-state index is 12.5. The van der Waals surface area contributed by atoms with E-state index in [1.165, 1.54) is 6.33 Å². The largest absolute Gasteiger partial charge is 0.387 e. The van der Waals surface area contributed by atoms with Crippen molar-refractivity contribution in [2.45, 2.75) is 51.7 Å². The number of nitrogens with one attached hydrogen (secondary N) is 2. The van der Waals surface area contributed by atoms with E-state index in [1.807, 2.05) is 27.7 Å². The zero-order valence-electron chi connectivity index (χ0n) is 12.9. The molecule has 0 saturated carbocycles. The van der Waals surface area contributed by atoms with Gasteiger partial charge >= 0.3 is 0 Å². The van der Waals surface area contributed by atoms with Crippen molar-refractivity contribution in [2.24, 2.45) is 0 Å². The molecule has 6 nitrogen and oxygen atoms in total. The number of amides is 1. The Morgan fingerprint density at radius 3 is 2.62 bits per heavy atom. The van der Waals surface area contributed by atoms with Crippen molar-refractivity contribution in [1.82, 2.24) is 20.3 Å². The van der Waals surface area contributed by atoms with Crippen LogP contribution in [0, 0.1) is 0 Å². The van der Waals surface area contributed by atoms with E-state index in [0.717, 1.165) is 0 Å².